The minimum absolute atomic E-state index is 0.321. The lowest BCUT2D eigenvalue weighted by atomic mass is 10.0. The first-order valence-corrected chi connectivity index (χ1v) is 9.33. The molecule has 0 saturated heterocycles. The van der Waals surface area contributed by atoms with E-state index < -0.39 is 5.60 Å². The van der Waals surface area contributed by atoms with Gasteiger partial charge in [0.2, 0.25) is 0 Å². The Labute approximate surface area is 143 Å². The summed E-state index contributed by atoms with van der Waals surface area (Å²) in [5.74, 6) is 0.473. The molecule has 130 valence electrons. The number of carbonyl (C=O) groups excluding carboxylic acids is 1. The van der Waals surface area contributed by atoms with Crippen LogP contribution in [0.15, 0.2) is 6.20 Å². The Balaban J connectivity index is 1.75. The molecule has 1 saturated carbocycles. The van der Waals surface area contributed by atoms with Crippen LogP contribution in [0.25, 0.3) is 0 Å². The molecule has 0 aliphatic heterocycles. The molecule has 2 N–H and O–H groups in total. The van der Waals surface area contributed by atoms with Crippen molar-refractivity contribution in [2.24, 2.45) is 5.92 Å². The van der Waals surface area contributed by atoms with Gasteiger partial charge in [0.1, 0.15) is 5.60 Å². The molecule has 23 heavy (non-hydrogen) atoms. The summed E-state index contributed by atoms with van der Waals surface area (Å²) < 4.78 is 5.30. The first kappa shape index (κ1) is 18.2. The third-order valence-electron chi connectivity index (χ3n) is 4.01. The molecule has 0 bridgehead atoms. The average Bonchev–Trinajstić information content (AvgIpc) is 3.10. The monoisotopic (exact) mass is 339 g/mol. The second-order valence-electron chi connectivity index (χ2n) is 7.14. The predicted molar refractivity (Wildman–Crippen MR) is 93.7 cm³/mol. The maximum atomic E-state index is 11.8. The molecular formula is C17H29N3O2S. The largest absolute Gasteiger partial charge is 0.444 e. The average molecular weight is 340 g/mol. The number of hydrogen-bond donors (Lipinski definition) is 2. The van der Waals surface area contributed by atoms with Gasteiger partial charge in [0.25, 0.3) is 0 Å². The van der Waals surface area contributed by atoms with Crippen molar-refractivity contribution in [1.82, 2.24) is 15.6 Å². The molecule has 1 aliphatic carbocycles. The molecule has 1 heterocycles. The highest BCUT2D eigenvalue weighted by Gasteiger charge is 2.28. The SMILES string of the molecule is CCc1ncc(CNC2CCCC2CNC(=O)OC(C)(C)C)s1. The van der Waals surface area contributed by atoms with Crippen LogP contribution >= 0.6 is 11.3 Å². The molecule has 2 rings (SSSR count). The van der Waals surface area contributed by atoms with Crippen molar-refractivity contribution in [2.75, 3.05) is 6.54 Å². The van der Waals surface area contributed by atoms with Crippen LogP contribution in [0.5, 0.6) is 0 Å². The third-order valence-corrected chi connectivity index (χ3v) is 5.15. The van der Waals surface area contributed by atoms with Gasteiger partial charge < -0.3 is 15.4 Å². The fourth-order valence-electron chi connectivity index (χ4n) is 2.90. The van der Waals surface area contributed by atoms with Crippen molar-refractivity contribution in [3.8, 4) is 0 Å². The molecule has 0 radical (unpaired) electrons. The lowest BCUT2D eigenvalue weighted by molar-refractivity contribution is 0.0517. The predicted octanol–water partition coefficient (Wildman–Crippen LogP) is 3.49. The molecule has 2 atom stereocenters. The summed E-state index contributed by atoms with van der Waals surface area (Å²) in [4.78, 5) is 17.5. The van der Waals surface area contributed by atoms with Crippen LogP contribution in [0.3, 0.4) is 0 Å². The molecule has 0 spiro atoms. The smallest absolute Gasteiger partial charge is 0.407 e. The van der Waals surface area contributed by atoms with E-state index in [1.807, 2.05) is 27.0 Å². The van der Waals surface area contributed by atoms with Gasteiger partial charge in [-0.1, -0.05) is 13.3 Å². The van der Waals surface area contributed by atoms with Gasteiger partial charge in [-0.15, -0.1) is 11.3 Å². The minimum Gasteiger partial charge on any atom is -0.444 e. The summed E-state index contributed by atoms with van der Waals surface area (Å²) >= 11 is 1.78. The molecular weight excluding hydrogens is 310 g/mol. The number of carbonyl (C=O) groups is 1. The van der Waals surface area contributed by atoms with E-state index >= 15 is 0 Å². The molecule has 6 heteroatoms. The van der Waals surface area contributed by atoms with Crippen molar-refractivity contribution < 1.29 is 9.53 Å². The maximum Gasteiger partial charge on any atom is 0.407 e. The van der Waals surface area contributed by atoms with E-state index in [0.29, 0.717) is 18.5 Å². The Morgan fingerprint density at radius 2 is 2.22 bits per heavy atom. The van der Waals surface area contributed by atoms with Crippen molar-refractivity contribution >= 4 is 17.4 Å². The van der Waals surface area contributed by atoms with E-state index in [1.54, 1.807) is 11.3 Å². The second-order valence-corrected chi connectivity index (χ2v) is 8.33. The summed E-state index contributed by atoms with van der Waals surface area (Å²) in [5, 5.41) is 7.74. The number of hydrogen-bond acceptors (Lipinski definition) is 5. The first-order chi connectivity index (χ1) is 10.9. The van der Waals surface area contributed by atoms with E-state index in [-0.39, 0.29) is 6.09 Å². The minimum atomic E-state index is -0.444. The first-order valence-electron chi connectivity index (χ1n) is 8.51. The standard InChI is InChI=1S/C17H29N3O2S/c1-5-15-19-11-13(23-15)10-18-14-8-6-7-12(14)9-20-16(21)22-17(2,3)4/h11-12,14,18H,5-10H2,1-4H3,(H,20,21). The van der Waals surface area contributed by atoms with Crippen LogP contribution in [0.2, 0.25) is 0 Å². The van der Waals surface area contributed by atoms with E-state index in [2.05, 4.69) is 22.5 Å². The van der Waals surface area contributed by atoms with Gasteiger partial charge >= 0.3 is 6.09 Å². The summed E-state index contributed by atoms with van der Waals surface area (Å²) in [5.41, 5.74) is -0.444. The number of nitrogens with one attached hydrogen (secondary N) is 2. The van der Waals surface area contributed by atoms with Gasteiger partial charge in [0.15, 0.2) is 0 Å². The number of nitrogens with zero attached hydrogens (tertiary/aromatic N) is 1. The number of alkyl carbamates (subject to hydrolysis) is 1. The van der Waals surface area contributed by atoms with Crippen LogP contribution in [0, 0.1) is 5.92 Å². The van der Waals surface area contributed by atoms with Crippen LogP contribution in [0.4, 0.5) is 4.79 Å². The van der Waals surface area contributed by atoms with Crippen LogP contribution in [0.1, 0.15) is 56.8 Å². The van der Waals surface area contributed by atoms with Crippen molar-refractivity contribution in [1.29, 1.82) is 0 Å². The number of amides is 1. The lowest BCUT2D eigenvalue weighted by Crippen LogP contribution is -2.40. The molecule has 1 aromatic heterocycles. The normalized spacial score (nSPS) is 21.4. The second kappa shape index (κ2) is 8.11. The van der Waals surface area contributed by atoms with Gasteiger partial charge in [0.05, 0.1) is 5.01 Å². The topological polar surface area (TPSA) is 63.2 Å². The highest BCUT2D eigenvalue weighted by molar-refractivity contribution is 7.11. The Morgan fingerprint density at radius 3 is 2.87 bits per heavy atom. The molecule has 5 nitrogen and oxygen atoms in total. The summed E-state index contributed by atoms with van der Waals surface area (Å²) in [6.45, 7) is 9.32. The Hall–Kier alpha value is -1.14. The molecule has 1 amide bonds. The van der Waals surface area contributed by atoms with E-state index in [0.717, 1.165) is 19.4 Å². The van der Waals surface area contributed by atoms with E-state index in [9.17, 15) is 4.79 Å². The van der Waals surface area contributed by atoms with E-state index in [4.69, 9.17) is 4.74 Å². The zero-order valence-corrected chi connectivity index (χ0v) is 15.5. The Morgan fingerprint density at radius 1 is 1.43 bits per heavy atom. The molecule has 1 fully saturated rings. The number of aromatic nitrogens is 1. The quantitative estimate of drug-likeness (QED) is 0.833. The highest BCUT2D eigenvalue weighted by atomic mass is 32.1. The zero-order chi connectivity index (χ0) is 16.9. The third kappa shape index (κ3) is 6.11. The van der Waals surface area contributed by atoms with Gasteiger partial charge in [0, 0.05) is 30.2 Å². The summed E-state index contributed by atoms with van der Waals surface area (Å²) in [6.07, 6.45) is 6.17. The van der Waals surface area contributed by atoms with Gasteiger partial charge in [-0.3, -0.25) is 0 Å². The molecule has 1 aliphatic rings. The number of ether oxygens (including phenoxy) is 1. The van der Waals surface area contributed by atoms with Crippen molar-refractivity contribution in [3.05, 3.63) is 16.1 Å². The van der Waals surface area contributed by atoms with Crippen LogP contribution < -0.4 is 10.6 Å². The Bertz CT molecular complexity index is 510. The van der Waals surface area contributed by atoms with Gasteiger partial charge in [-0.2, -0.15) is 0 Å². The van der Waals surface area contributed by atoms with Gasteiger partial charge in [-0.05, 0) is 46.0 Å². The number of thiazole rings is 1. The Kier molecular flexibility index (Phi) is 6.41. The summed E-state index contributed by atoms with van der Waals surface area (Å²) in [7, 11) is 0. The molecule has 0 aromatic carbocycles. The fraction of sp³-hybridized carbons (Fsp3) is 0.765. The van der Waals surface area contributed by atoms with E-state index in [1.165, 1.54) is 22.7 Å². The lowest BCUT2D eigenvalue weighted by Gasteiger charge is -2.23. The summed E-state index contributed by atoms with van der Waals surface area (Å²) in [6, 6.07) is 0.456. The zero-order valence-electron chi connectivity index (χ0n) is 14.6. The van der Waals surface area contributed by atoms with Crippen molar-refractivity contribution in [2.45, 2.75) is 71.6 Å². The number of aryl methyl sites for hydroxylation is 1. The molecule has 1 aromatic rings. The van der Waals surface area contributed by atoms with Crippen LogP contribution in [-0.4, -0.2) is 29.3 Å². The van der Waals surface area contributed by atoms with Crippen molar-refractivity contribution in [3.63, 3.8) is 0 Å². The van der Waals surface area contributed by atoms with Gasteiger partial charge in [-0.25, -0.2) is 9.78 Å². The highest BCUT2D eigenvalue weighted by Crippen LogP contribution is 2.26. The maximum absolute atomic E-state index is 11.8. The fourth-order valence-corrected chi connectivity index (χ4v) is 3.72. The number of rotatable bonds is 6. The van der Waals surface area contributed by atoms with Crippen LogP contribution in [-0.2, 0) is 17.7 Å². The molecule has 2 unspecified atom stereocenters.